The van der Waals surface area contributed by atoms with Crippen molar-refractivity contribution in [3.63, 3.8) is 0 Å². The number of hydrogen-bond donors (Lipinski definition) is 9. The first-order valence-corrected chi connectivity index (χ1v) is 13.0. The largest absolute Gasteiger partial charge is 0.481 e. The molecule has 1 aromatic rings. The van der Waals surface area contributed by atoms with Crippen molar-refractivity contribution in [3.05, 3.63) is 22.7 Å². The van der Waals surface area contributed by atoms with Gasteiger partial charge in [0.2, 0.25) is 0 Å². The molecule has 206 valence electrons. The number of anilines is 1. The Kier molecular flexibility index (Phi) is 9.05. The smallest absolute Gasteiger partial charge is 0.387 e. The van der Waals surface area contributed by atoms with Crippen LogP contribution in [0.2, 0.25) is 0 Å². The van der Waals surface area contributed by atoms with Crippen LogP contribution in [-0.4, -0.2) is 112 Å². The molecule has 2 aliphatic heterocycles. The van der Waals surface area contributed by atoms with Gasteiger partial charge in [0.1, 0.15) is 48.5 Å². The van der Waals surface area contributed by atoms with Crippen LogP contribution in [0.1, 0.15) is 6.23 Å². The van der Waals surface area contributed by atoms with Crippen molar-refractivity contribution in [2.24, 2.45) is 0 Å². The first-order chi connectivity index (χ1) is 16.6. The van der Waals surface area contributed by atoms with E-state index in [9.17, 15) is 54.4 Å². The van der Waals surface area contributed by atoms with Crippen LogP contribution < -0.4 is 11.4 Å². The summed E-state index contributed by atoms with van der Waals surface area (Å²) in [5.74, 6) is -0.118. The third kappa shape index (κ3) is 6.73. The highest BCUT2D eigenvalue weighted by molar-refractivity contribution is 7.61. The minimum atomic E-state index is -5.40. The molecule has 0 radical (unpaired) electrons. The third-order valence-corrected chi connectivity index (χ3v) is 7.76. The van der Waals surface area contributed by atoms with Crippen molar-refractivity contribution in [1.82, 2.24) is 9.55 Å². The van der Waals surface area contributed by atoms with Crippen LogP contribution in [0, 0.1) is 0 Å². The molecular weight excluding hydrogens is 540 g/mol. The van der Waals surface area contributed by atoms with E-state index in [4.69, 9.17) is 15.2 Å². The highest BCUT2D eigenvalue weighted by Gasteiger charge is 2.47. The van der Waals surface area contributed by atoms with Gasteiger partial charge >= 0.3 is 21.3 Å². The van der Waals surface area contributed by atoms with Crippen molar-refractivity contribution in [3.8, 4) is 0 Å². The SMILES string of the molecule is Nc1ccn([C@H]2O[C@@H](COP(=O)(O)OP(=O)(O)OC[C@H]3O[C@H](O)[C@H](O)[C@@H](O)[C@@H]3O)[C@H](O)[C@@H]2O)c(=O)n1. The lowest BCUT2D eigenvalue weighted by Crippen LogP contribution is -2.58. The molecule has 0 saturated carbocycles. The van der Waals surface area contributed by atoms with Crippen molar-refractivity contribution >= 4 is 21.5 Å². The van der Waals surface area contributed by atoms with Gasteiger partial charge in [-0.2, -0.15) is 9.29 Å². The highest BCUT2D eigenvalue weighted by Crippen LogP contribution is 2.60. The fourth-order valence-electron chi connectivity index (χ4n) is 3.30. The first-order valence-electron chi connectivity index (χ1n) is 10.0. The number of nitrogens with two attached hydrogens (primary N) is 1. The molecule has 2 fully saturated rings. The number of nitrogens with zero attached hydrogens (tertiary/aromatic N) is 2. The minimum absolute atomic E-state index is 0.118. The summed E-state index contributed by atoms with van der Waals surface area (Å²) in [4.78, 5) is 34.8. The average Bonchev–Trinajstić information content (AvgIpc) is 3.05. The lowest BCUT2D eigenvalue weighted by atomic mass is 10.00. The Morgan fingerprint density at radius 2 is 1.42 bits per heavy atom. The summed E-state index contributed by atoms with van der Waals surface area (Å²) in [6, 6.07) is 1.21. The zero-order valence-electron chi connectivity index (χ0n) is 18.0. The molecular formula is C15H25N3O16P2. The third-order valence-electron chi connectivity index (χ3n) is 5.16. The van der Waals surface area contributed by atoms with Crippen LogP contribution in [0.4, 0.5) is 5.82 Å². The van der Waals surface area contributed by atoms with Crippen LogP contribution in [-0.2, 0) is 32.0 Å². The second-order valence-electron chi connectivity index (χ2n) is 7.74. The summed E-state index contributed by atoms with van der Waals surface area (Å²) < 4.78 is 48.0. The van der Waals surface area contributed by atoms with Gasteiger partial charge in [-0.05, 0) is 6.07 Å². The molecule has 21 heteroatoms. The first kappa shape index (κ1) is 29.2. The van der Waals surface area contributed by atoms with E-state index in [1.165, 1.54) is 6.07 Å². The Bertz CT molecular complexity index is 1070. The maximum Gasteiger partial charge on any atom is 0.481 e. The molecule has 3 heterocycles. The van der Waals surface area contributed by atoms with Gasteiger partial charge in [0.25, 0.3) is 0 Å². The van der Waals surface area contributed by atoms with E-state index in [0.717, 1.165) is 10.8 Å². The average molecular weight is 565 g/mol. The van der Waals surface area contributed by atoms with E-state index in [1.807, 2.05) is 0 Å². The number of hydrogen-bond acceptors (Lipinski definition) is 16. The lowest BCUT2D eigenvalue weighted by Gasteiger charge is -2.38. The van der Waals surface area contributed by atoms with Gasteiger partial charge in [0.05, 0.1) is 13.2 Å². The number of rotatable bonds is 9. The molecule has 10 N–H and O–H groups in total. The van der Waals surface area contributed by atoms with Crippen molar-refractivity contribution in [1.29, 1.82) is 0 Å². The fourth-order valence-corrected chi connectivity index (χ4v) is 5.39. The number of phosphoric ester groups is 2. The second kappa shape index (κ2) is 11.2. The summed E-state index contributed by atoms with van der Waals surface area (Å²) in [6.07, 6.45) is -14.6. The van der Waals surface area contributed by atoms with Crippen molar-refractivity contribution < 1.29 is 72.4 Å². The summed E-state index contributed by atoms with van der Waals surface area (Å²) in [6.45, 7) is -2.02. The fraction of sp³-hybridized carbons (Fsp3) is 0.733. The van der Waals surface area contributed by atoms with Crippen LogP contribution in [0.15, 0.2) is 17.1 Å². The number of aromatic nitrogens is 2. The van der Waals surface area contributed by atoms with Gasteiger partial charge in [-0.3, -0.25) is 13.6 Å². The van der Waals surface area contributed by atoms with Crippen LogP contribution in [0.5, 0.6) is 0 Å². The Morgan fingerprint density at radius 3 is 1.97 bits per heavy atom. The quantitative estimate of drug-likeness (QED) is 0.127. The minimum Gasteiger partial charge on any atom is -0.387 e. The van der Waals surface area contributed by atoms with Crippen LogP contribution in [0.25, 0.3) is 0 Å². The van der Waals surface area contributed by atoms with Crippen LogP contribution in [0.3, 0.4) is 0 Å². The van der Waals surface area contributed by atoms with Crippen LogP contribution >= 0.6 is 15.6 Å². The zero-order valence-corrected chi connectivity index (χ0v) is 19.8. The molecule has 11 atom stereocenters. The van der Waals surface area contributed by atoms with Gasteiger partial charge in [-0.1, -0.05) is 0 Å². The molecule has 0 bridgehead atoms. The van der Waals surface area contributed by atoms with E-state index < -0.39 is 89.8 Å². The van der Waals surface area contributed by atoms with Crippen molar-refractivity contribution in [2.75, 3.05) is 18.9 Å². The van der Waals surface area contributed by atoms with E-state index in [0.29, 0.717) is 0 Å². The predicted octanol–water partition coefficient (Wildman–Crippen LogP) is -4.50. The van der Waals surface area contributed by atoms with E-state index in [1.54, 1.807) is 0 Å². The molecule has 36 heavy (non-hydrogen) atoms. The number of aliphatic hydroxyl groups excluding tert-OH is 6. The number of ether oxygens (including phenoxy) is 2. The number of aliphatic hydroxyl groups is 6. The Morgan fingerprint density at radius 1 is 0.889 bits per heavy atom. The van der Waals surface area contributed by atoms with Gasteiger partial charge in [0, 0.05) is 6.20 Å². The van der Waals surface area contributed by atoms with Gasteiger partial charge in [-0.25, -0.2) is 13.9 Å². The van der Waals surface area contributed by atoms with Crippen molar-refractivity contribution in [2.45, 2.75) is 55.2 Å². The number of phosphoric acid groups is 2. The van der Waals surface area contributed by atoms with E-state index in [2.05, 4.69) is 18.3 Å². The number of nitrogen functional groups attached to an aromatic ring is 1. The highest BCUT2D eigenvalue weighted by atomic mass is 31.3. The zero-order chi connectivity index (χ0) is 27.0. The van der Waals surface area contributed by atoms with E-state index >= 15 is 0 Å². The summed E-state index contributed by atoms with van der Waals surface area (Å²) >= 11 is 0. The maximum absolute atomic E-state index is 12.1. The molecule has 0 aliphatic carbocycles. The molecule has 2 unspecified atom stereocenters. The Labute approximate surface area is 201 Å². The molecule has 0 aromatic carbocycles. The monoisotopic (exact) mass is 565 g/mol. The molecule has 0 amide bonds. The van der Waals surface area contributed by atoms with E-state index in [-0.39, 0.29) is 5.82 Å². The summed E-state index contributed by atoms with van der Waals surface area (Å²) in [7, 11) is -10.8. The molecule has 2 aliphatic rings. The molecule has 3 rings (SSSR count). The Balaban J connectivity index is 1.55. The molecule has 0 spiro atoms. The summed E-state index contributed by atoms with van der Waals surface area (Å²) in [5.41, 5.74) is 4.45. The maximum atomic E-state index is 12.1. The second-order valence-corrected chi connectivity index (χ2v) is 10.8. The predicted molar refractivity (Wildman–Crippen MR) is 110 cm³/mol. The molecule has 2 saturated heterocycles. The molecule has 1 aromatic heterocycles. The Hall–Kier alpha value is -1.38. The topological polar surface area (TPSA) is 303 Å². The summed E-state index contributed by atoms with van der Waals surface area (Å²) in [5, 5.41) is 58.5. The lowest BCUT2D eigenvalue weighted by molar-refractivity contribution is -0.285. The normalized spacial score (nSPS) is 38.4. The van der Waals surface area contributed by atoms with Gasteiger partial charge < -0.3 is 55.6 Å². The van der Waals surface area contributed by atoms with Gasteiger partial charge in [-0.15, -0.1) is 0 Å². The standard InChI is InChI=1S/C15H25N3O16P2/c16-7-1-2-18(15(25)17-7)13-11(22)9(20)5(32-13)3-30-35(26,27)34-36(28,29)31-4-6-8(19)10(21)12(23)14(24)33-6/h1-2,5-6,8-14,19-24H,3-4H2,(H,26,27)(H,28,29)(H2,16,17,25)/t5-,6+,8+,9-,10-,11-,12+,13-,14-/m0/s1. The molecule has 19 nitrogen and oxygen atoms in total. The van der Waals surface area contributed by atoms with Gasteiger partial charge in [0.15, 0.2) is 12.5 Å².